The molecule has 1 rings (SSSR count). The third-order valence-electron chi connectivity index (χ3n) is 3.31. The first kappa shape index (κ1) is 17.2. The molecule has 0 aromatic rings. The average molecular weight is 301 g/mol. The van der Waals surface area contributed by atoms with Crippen LogP contribution in [0, 0.1) is 0 Å². The van der Waals surface area contributed by atoms with Gasteiger partial charge in [0.2, 0.25) is 5.91 Å². The fourth-order valence-electron chi connectivity index (χ4n) is 2.11. The Morgan fingerprint density at radius 3 is 2.48 bits per heavy atom. The second kappa shape index (κ2) is 9.17. The van der Waals surface area contributed by atoms with Gasteiger partial charge in [-0.15, -0.1) is 0 Å². The summed E-state index contributed by atoms with van der Waals surface area (Å²) in [5, 5.41) is 13.7. The Balaban J connectivity index is 2.12. The topological polar surface area (TPSA) is 108 Å². The molecule has 1 saturated heterocycles. The molecule has 0 aromatic heterocycles. The summed E-state index contributed by atoms with van der Waals surface area (Å²) in [6, 6.07) is -0.434. The van der Waals surface area contributed by atoms with Crippen LogP contribution in [0.2, 0.25) is 0 Å². The van der Waals surface area contributed by atoms with Crippen LogP contribution in [-0.2, 0) is 14.3 Å². The molecule has 0 aliphatic carbocycles. The molecular weight excluding hydrogens is 278 g/mol. The lowest BCUT2D eigenvalue weighted by atomic mass is 10.2. The van der Waals surface area contributed by atoms with Crippen molar-refractivity contribution >= 4 is 17.9 Å². The number of carboxylic acid groups (broad SMARTS) is 1. The van der Waals surface area contributed by atoms with E-state index in [9.17, 15) is 14.4 Å². The minimum Gasteiger partial charge on any atom is -0.481 e. The summed E-state index contributed by atoms with van der Waals surface area (Å²) in [6.07, 6.45) is 1.61. The molecule has 120 valence electrons. The van der Waals surface area contributed by atoms with Gasteiger partial charge in [0.1, 0.15) is 0 Å². The van der Waals surface area contributed by atoms with E-state index >= 15 is 0 Å². The van der Waals surface area contributed by atoms with Crippen LogP contribution in [0.1, 0.15) is 25.7 Å². The van der Waals surface area contributed by atoms with Crippen molar-refractivity contribution < 1.29 is 24.2 Å². The Morgan fingerprint density at radius 1 is 1.24 bits per heavy atom. The average Bonchev–Trinajstić information content (AvgIpc) is 2.97. The second-order valence-corrected chi connectivity index (χ2v) is 4.93. The molecule has 0 spiro atoms. The first-order valence-electron chi connectivity index (χ1n) is 7.07. The van der Waals surface area contributed by atoms with Crippen molar-refractivity contribution in [3.8, 4) is 0 Å². The minimum atomic E-state index is -0.986. The van der Waals surface area contributed by atoms with Crippen molar-refractivity contribution in [3.63, 3.8) is 0 Å². The monoisotopic (exact) mass is 301 g/mol. The van der Waals surface area contributed by atoms with Crippen LogP contribution >= 0.6 is 0 Å². The van der Waals surface area contributed by atoms with E-state index in [0.29, 0.717) is 0 Å². The van der Waals surface area contributed by atoms with Gasteiger partial charge in [0.25, 0.3) is 0 Å². The standard InChI is InChI=1S/C13H23N3O5/c1-21-10(8-12(18)19)9-15-13(20)14-5-4-11(17)16-6-2-3-7-16/h10H,2-9H2,1H3,(H,18,19)(H2,14,15,20). The highest BCUT2D eigenvalue weighted by atomic mass is 16.5. The normalized spacial score (nSPS) is 15.6. The Kier molecular flexibility index (Phi) is 7.52. The summed E-state index contributed by atoms with van der Waals surface area (Å²) in [7, 11) is 1.39. The van der Waals surface area contributed by atoms with Crippen LogP contribution in [0.4, 0.5) is 4.79 Å². The van der Waals surface area contributed by atoms with Crippen molar-refractivity contribution in [2.45, 2.75) is 31.8 Å². The summed E-state index contributed by atoms with van der Waals surface area (Å²) in [6.45, 7) is 1.97. The van der Waals surface area contributed by atoms with Gasteiger partial charge in [0, 0.05) is 39.7 Å². The molecule has 1 aliphatic heterocycles. The maximum atomic E-state index is 11.7. The van der Waals surface area contributed by atoms with Crippen molar-refractivity contribution in [1.29, 1.82) is 0 Å². The SMILES string of the molecule is COC(CNC(=O)NCCC(=O)N1CCCC1)CC(=O)O. The van der Waals surface area contributed by atoms with Crippen LogP contribution in [-0.4, -0.2) is 67.3 Å². The number of urea groups is 1. The number of hydrogen-bond acceptors (Lipinski definition) is 4. The van der Waals surface area contributed by atoms with Gasteiger partial charge in [-0.2, -0.15) is 0 Å². The lowest BCUT2D eigenvalue weighted by Gasteiger charge is -2.16. The first-order chi connectivity index (χ1) is 10.0. The molecule has 1 unspecified atom stereocenters. The highest BCUT2D eigenvalue weighted by Gasteiger charge is 2.17. The number of likely N-dealkylation sites (tertiary alicyclic amines) is 1. The molecule has 0 saturated carbocycles. The van der Waals surface area contributed by atoms with Crippen LogP contribution in [0.25, 0.3) is 0 Å². The van der Waals surface area contributed by atoms with Gasteiger partial charge in [0.15, 0.2) is 0 Å². The summed E-state index contributed by atoms with van der Waals surface area (Å²) in [4.78, 5) is 35.6. The highest BCUT2D eigenvalue weighted by molar-refractivity contribution is 5.78. The summed E-state index contributed by atoms with van der Waals surface area (Å²) < 4.78 is 4.94. The smallest absolute Gasteiger partial charge is 0.314 e. The molecule has 8 heteroatoms. The molecule has 0 aromatic carbocycles. The van der Waals surface area contributed by atoms with Gasteiger partial charge in [-0.1, -0.05) is 0 Å². The van der Waals surface area contributed by atoms with E-state index in [0.717, 1.165) is 25.9 Å². The molecule has 3 N–H and O–H groups in total. The zero-order chi connectivity index (χ0) is 15.7. The van der Waals surface area contributed by atoms with Crippen LogP contribution in [0.3, 0.4) is 0 Å². The number of hydrogen-bond donors (Lipinski definition) is 3. The highest BCUT2D eigenvalue weighted by Crippen LogP contribution is 2.08. The quantitative estimate of drug-likeness (QED) is 0.575. The van der Waals surface area contributed by atoms with Crippen LogP contribution in [0.5, 0.6) is 0 Å². The molecule has 1 heterocycles. The maximum Gasteiger partial charge on any atom is 0.314 e. The number of carboxylic acids is 1. The number of amides is 3. The first-order valence-corrected chi connectivity index (χ1v) is 7.07. The van der Waals surface area contributed by atoms with Gasteiger partial charge in [-0.3, -0.25) is 9.59 Å². The Morgan fingerprint density at radius 2 is 1.90 bits per heavy atom. The van der Waals surface area contributed by atoms with Crippen LogP contribution in [0.15, 0.2) is 0 Å². The number of nitrogens with zero attached hydrogens (tertiary/aromatic N) is 1. The largest absolute Gasteiger partial charge is 0.481 e. The van der Waals surface area contributed by atoms with Crippen molar-refractivity contribution in [2.24, 2.45) is 0 Å². The number of nitrogens with one attached hydrogen (secondary N) is 2. The van der Waals surface area contributed by atoms with E-state index in [-0.39, 0.29) is 31.8 Å². The molecule has 1 fully saturated rings. The van der Waals surface area contributed by atoms with Gasteiger partial charge < -0.3 is 25.4 Å². The van der Waals surface area contributed by atoms with Gasteiger partial charge in [-0.05, 0) is 12.8 Å². The Bertz CT molecular complexity index is 369. The number of rotatable bonds is 8. The molecule has 0 bridgehead atoms. The summed E-state index contributed by atoms with van der Waals surface area (Å²) in [5.41, 5.74) is 0. The van der Waals surface area contributed by atoms with E-state index in [1.54, 1.807) is 4.90 Å². The summed E-state index contributed by atoms with van der Waals surface area (Å²) >= 11 is 0. The van der Waals surface area contributed by atoms with Gasteiger partial charge in [-0.25, -0.2) is 4.79 Å². The van der Waals surface area contributed by atoms with Crippen molar-refractivity contribution in [1.82, 2.24) is 15.5 Å². The third kappa shape index (κ3) is 6.94. The van der Waals surface area contributed by atoms with Crippen LogP contribution < -0.4 is 10.6 Å². The van der Waals surface area contributed by atoms with E-state index < -0.39 is 18.1 Å². The minimum absolute atomic E-state index is 0.0495. The zero-order valence-corrected chi connectivity index (χ0v) is 12.3. The molecular formula is C13H23N3O5. The number of ether oxygens (including phenoxy) is 1. The Hall–Kier alpha value is -1.83. The number of methoxy groups -OCH3 is 1. The predicted octanol–water partition coefficient (Wildman–Crippen LogP) is -0.212. The maximum absolute atomic E-state index is 11.7. The molecule has 21 heavy (non-hydrogen) atoms. The number of carbonyl (C=O) groups excluding carboxylic acids is 2. The number of aliphatic carboxylic acids is 1. The molecule has 1 atom stereocenters. The number of carbonyl (C=O) groups is 3. The lowest BCUT2D eigenvalue weighted by Crippen LogP contribution is -2.42. The molecule has 8 nitrogen and oxygen atoms in total. The molecule has 1 aliphatic rings. The molecule has 3 amide bonds. The van der Waals surface area contributed by atoms with Gasteiger partial charge >= 0.3 is 12.0 Å². The van der Waals surface area contributed by atoms with Gasteiger partial charge in [0.05, 0.1) is 12.5 Å². The fraction of sp³-hybridized carbons (Fsp3) is 0.769. The Labute approximate surface area is 123 Å². The van der Waals surface area contributed by atoms with Crippen molar-refractivity contribution in [3.05, 3.63) is 0 Å². The van der Waals surface area contributed by atoms with E-state index in [1.165, 1.54) is 7.11 Å². The van der Waals surface area contributed by atoms with E-state index in [2.05, 4.69) is 10.6 Å². The van der Waals surface area contributed by atoms with E-state index in [4.69, 9.17) is 9.84 Å². The van der Waals surface area contributed by atoms with Crippen molar-refractivity contribution in [2.75, 3.05) is 33.3 Å². The zero-order valence-electron chi connectivity index (χ0n) is 12.3. The lowest BCUT2D eigenvalue weighted by molar-refractivity contribution is -0.139. The van der Waals surface area contributed by atoms with E-state index in [1.807, 2.05) is 0 Å². The fourth-order valence-corrected chi connectivity index (χ4v) is 2.11. The third-order valence-corrected chi connectivity index (χ3v) is 3.31. The second-order valence-electron chi connectivity index (χ2n) is 4.93. The summed E-state index contributed by atoms with van der Waals surface area (Å²) in [5.74, 6) is -0.936. The molecule has 0 radical (unpaired) electrons. The predicted molar refractivity (Wildman–Crippen MR) is 74.9 cm³/mol.